The van der Waals surface area contributed by atoms with Crippen LogP contribution in [0.4, 0.5) is 0 Å². The molecule has 0 bridgehead atoms. The summed E-state index contributed by atoms with van der Waals surface area (Å²) in [5, 5.41) is 2.49. The molecule has 53 heavy (non-hydrogen) atoms. The standard InChI is InChI=1S/C39H76NO11PSi/c1-6-8-10-12-14-16-18-20-22-24-26-37(42)47-32-35(51-39(44)27-25-23-21-19-17-15-13-11-9-7-2)33-50-52(45,46)49-31-30-40-36(41)28-29-38(43)48-34-53(3,4)5/h35H,6-34H2,1-5H3,(H,40,41)(H,45,46)/p-1. The lowest BCUT2D eigenvalue weighted by Gasteiger charge is -2.25. The topological polar surface area (TPSA) is 167 Å². The number of carbonyl (C=O) groups excluding carboxylic acids is 4. The fourth-order valence-corrected chi connectivity index (χ4v) is 6.70. The summed E-state index contributed by atoms with van der Waals surface area (Å²) < 4.78 is 38.3. The lowest BCUT2D eigenvalue weighted by atomic mass is 10.1. The van der Waals surface area contributed by atoms with E-state index in [-0.39, 0.29) is 38.8 Å². The van der Waals surface area contributed by atoms with Crippen molar-refractivity contribution in [3.05, 3.63) is 0 Å². The van der Waals surface area contributed by atoms with Gasteiger partial charge in [0, 0.05) is 25.8 Å². The predicted molar refractivity (Wildman–Crippen MR) is 210 cm³/mol. The van der Waals surface area contributed by atoms with Gasteiger partial charge in [-0.05, 0) is 12.8 Å². The third-order valence-corrected chi connectivity index (χ3v) is 10.5. The van der Waals surface area contributed by atoms with Gasteiger partial charge in [-0.15, -0.1) is 0 Å². The molecule has 0 spiro atoms. The zero-order chi connectivity index (χ0) is 39.6. The molecule has 0 aromatic heterocycles. The minimum atomic E-state index is -4.84. The van der Waals surface area contributed by atoms with E-state index in [4.69, 9.17) is 23.3 Å². The average molecular weight is 793 g/mol. The summed E-state index contributed by atoms with van der Waals surface area (Å²) in [5.41, 5.74) is 0. The predicted octanol–water partition coefficient (Wildman–Crippen LogP) is 8.88. The van der Waals surface area contributed by atoms with Gasteiger partial charge in [0.05, 0.1) is 33.9 Å². The van der Waals surface area contributed by atoms with E-state index in [1.807, 2.05) is 0 Å². The van der Waals surface area contributed by atoms with Crippen molar-refractivity contribution in [1.82, 2.24) is 5.32 Å². The number of nitrogens with one attached hydrogen (secondary N) is 1. The van der Waals surface area contributed by atoms with Crippen LogP contribution in [0, 0.1) is 0 Å². The summed E-state index contributed by atoms with van der Waals surface area (Å²) in [6.45, 7) is 9.15. The first-order valence-electron chi connectivity index (χ1n) is 20.7. The van der Waals surface area contributed by atoms with Gasteiger partial charge in [-0.1, -0.05) is 149 Å². The van der Waals surface area contributed by atoms with Crippen LogP contribution in [0.3, 0.4) is 0 Å². The number of hydrogen-bond donors (Lipinski definition) is 1. The van der Waals surface area contributed by atoms with Gasteiger partial charge in [-0.2, -0.15) is 0 Å². The molecule has 2 unspecified atom stereocenters. The Kier molecular flexibility index (Phi) is 32.4. The molecule has 1 N–H and O–H groups in total. The number of hydrogen-bond acceptors (Lipinski definition) is 11. The number of amides is 1. The highest BCUT2D eigenvalue weighted by atomic mass is 31.2. The largest absolute Gasteiger partial charge is 0.756 e. The minimum absolute atomic E-state index is 0.0799. The van der Waals surface area contributed by atoms with E-state index in [9.17, 15) is 28.6 Å². The first-order chi connectivity index (χ1) is 25.3. The minimum Gasteiger partial charge on any atom is -0.756 e. The maximum atomic E-state index is 12.6. The first kappa shape index (κ1) is 51.2. The molecule has 0 aliphatic carbocycles. The molecule has 0 aliphatic heterocycles. The summed E-state index contributed by atoms with van der Waals surface area (Å²) in [7, 11) is -6.40. The SMILES string of the molecule is CCCCCCCCCCCCC(=O)OCC(COP(=O)([O-])OCCNC(=O)CCC(=O)OC[Si](C)(C)C)OC(=O)CCCCCCCCCCCC. The summed E-state index contributed by atoms with van der Waals surface area (Å²) in [5.74, 6) is -1.87. The molecule has 2 atom stereocenters. The Hall–Kier alpha value is -1.79. The second-order valence-electron chi connectivity index (χ2n) is 15.3. The summed E-state index contributed by atoms with van der Waals surface area (Å²) >= 11 is 0. The molecular formula is C39H75NO11PSi-. The van der Waals surface area contributed by atoms with Gasteiger partial charge >= 0.3 is 17.9 Å². The zero-order valence-electron chi connectivity index (χ0n) is 34.0. The molecule has 0 rings (SSSR count). The quantitative estimate of drug-likeness (QED) is 0.0210. The maximum Gasteiger partial charge on any atom is 0.306 e. The summed E-state index contributed by atoms with van der Waals surface area (Å²) in [6.07, 6.45) is 22.0. The monoisotopic (exact) mass is 792 g/mol. The van der Waals surface area contributed by atoms with Crippen molar-refractivity contribution in [2.45, 2.75) is 194 Å². The lowest BCUT2D eigenvalue weighted by molar-refractivity contribution is -0.228. The van der Waals surface area contributed by atoms with Crippen LogP contribution < -0.4 is 10.2 Å². The smallest absolute Gasteiger partial charge is 0.306 e. The summed E-state index contributed by atoms with van der Waals surface area (Å²) in [6, 6.07) is 0. The number of rotatable bonds is 37. The van der Waals surface area contributed by atoms with Crippen LogP contribution in [0.25, 0.3) is 0 Å². The Bertz CT molecular complexity index is 1010. The molecule has 0 aromatic rings. The molecule has 0 aromatic carbocycles. The Morgan fingerprint density at radius 2 is 1.04 bits per heavy atom. The van der Waals surface area contributed by atoms with Gasteiger partial charge < -0.3 is 33.5 Å². The number of unbranched alkanes of at least 4 members (excludes halogenated alkanes) is 18. The Morgan fingerprint density at radius 3 is 1.53 bits per heavy atom. The van der Waals surface area contributed by atoms with E-state index in [1.165, 1.54) is 77.0 Å². The van der Waals surface area contributed by atoms with Crippen molar-refractivity contribution < 1.29 is 51.9 Å². The van der Waals surface area contributed by atoms with Crippen LogP contribution in [-0.4, -0.2) is 70.6 Å². The van der Waals surface area contributed by atoms with Crippen LogP contribution in [0.5, 0.6) is 0 Å². The average Bonchev–Trinajstić information content (AvgIpc) is 3.10. The normalized spacial score (nSPS) is 13.2. The first-order valence-corrected chi connectivity index (χ1v) is 25.8. The highest BCUT2D eigenvalue weighted by Crippen LogP contribution is 2.38. The third kappa shape index (κ3) is 36.9. The highest BCUT2D eigenvalue weighted by molar-refractivity contribution is 7.45. The fourth-order valence-electron chi connectivity index (χ4n) is 5.37. The molecule has 312 valence electrons. The molecule has 0 aliphatic rings. The molecule has 0 radical (unpaired) electrons. The molecule has 0 saturated heterocycles. The van der Waals surface area contributed by atoms with Crippen molar-refractivity contribution >= 4 is 39.7 Å². The molecule has 14 heteroatoms. The Balaban J connectivity index is 4.64. The third-order valence-electron chi connectivity index (χ3n) is 8.51. The van der Waals surface area contributed by atoms with Crippen LogP contribution in [-0.2, 0) is 47.0 Å². The zero-order valence-corrected chi connectivity index (χ0v) is 35.9. The second kappa shape index (κ2) is 33.5. The van der Waals surface area contributed by atoms with Crippen molar-refractivity contribution in [2.24, 2.45) is 0 Å². The van der Waals surface area contributed by atoms with E-state index < -0.39 is 59.0 Å². The second-order valence-corrected chi connectivity index (χ2v) is 22.1. The number of ether oxygens (including phenoxy) is 3. The van der Waals surface area contributed by atoms with Crippen LogP contribution in [0.1, 0.15) is 168 Å². The number of carbonyl (C=O) groups is 4. The van der Waals surface area contributed by atoms with Crippen molar-refractivity contribution in [2.75, 3.05) is 32.6 Å². The number of phosphoric ester groups is 1. The molecule has 1 amide bonds. The molecule has 0 heterocycles. The molecular weight excluding hydrogens is 717 g/mol. The van der Waals surface area contributed by atoms with E-state index in [0.29, 0.717) is 19.1 Å². The highest BCUT2D eigenvalue weighted by Gasteiger charge is 2.21. The maximum absolute atomic E-state index is 12.6. The van der Waals surface area contributed by atoms with Crippen molar-refractivity contribution in [3.8, 4) is 0 Å². The molecule has 12 nitrogen and oxygen atoms in total. The fraction of sp³-hybridized carbons (Fsp3) is 0.897. The number of phosphoric acid groups is 1. The van der Waals surface area contributed by atoms with Gasteiger partial charge in [0.15, 0.2) is 6.10 Å². The van der Waals surface area contributed by atoms with E-state index in [2.05, 4.69) is 38.8 Å². The van der Waals surface area contributed by atoms with Gasteiger partial charge in [-0.25, -0.2) is 0 Å². The lowest BCUT2D eigenvalue weighted by Crippen LogP contribution is -2.31. The Morgan fingerprint density at radius 1 is 0.585 bits per heavy atom. The van der Waals surface area contributed by atoms with Crippen LogP contribution in [0.15, 0.2) is 0 Å². The van der Waals surface area contributed by atoms with Crippen molar-refractivity contribution in [1.29, 1.82) is 0 Å². The number of esters is 3. The summed E-state index contributed by atoms with van der Waals surface area (Å²) in [4.78, 5) is 61.3. The van der Waals surface area contributed by atoms with Crippen LogP contribution in [0.2, 0.25) is 19.6 Å². The van der Waals surface area contributed by atoms with Gasteiger partial charge in [0.1, 0.15) is 6.61 Å². The Labute approximate surface area is 322 Å². The van der Waals surface area contributed by atoms with E-state index in [0.717, 1.165) is 38.5 Å². The van der Waals surface area contributed by atoms with E-state index >= 15 is 0 Å². The van der Waals surface area contributed by atoms with Gasteiger partial charge in [0.25, 0.3) is 7.82 Å². The molecule has 0 fully saturated rings. The molecule has 0 saturated carbocycles. The van der Waals surface area contributed by atoms with Gasteiger partial charge in [-0.3, -0.25) is 23.7 Å². The van der Waals surface area contributed by atoms with Crippen LogP contribution >= 0.6 is 7.82 Å². The van der Waals surface area contributed by atoms with E-state index in [1.54, 1.807) is 0 Å². The van der Waals surface area contributed by atoms with Gasteiger partial charge in [0.2, 0.25) is 5.91 Å². The van der Waals surface area contributed by atoms with Crippen molar-refractivity contribution in [3.63, 3.8) is 0 Å².